The molecule has 1 aromatic carbocycles. The molecule has 0 bridgehead atoms. The Morgan fingerprint density at radius 3 is 2.72 bits per heavy atom. The molecular formula is C19H24N2O3S. The molecule has 134 valence electrons. The highest BCUT2D eigenvalue weighted by atomic mass is 32.2. The number of aromatic amines is 1. The van der Waals surface area contributed by atoms with Gasteiger partial charge in [0.1, 0.15) is 9.84 Å². The van der Waals surface area contributed by atoms with Crippen molar-refractivity contribution in [2.45, 2.75) is 38.0 Å². The van der Waals surface area contributed by atoms with Crippen molar-refractivity contribution in [1.29, 1.82) is 0 Å². The number of H-pyrrole nitrogens is 1. The van der Waals surface area contributed by atoms with Crippen LogP contribution in [0.4, 0.5) is 0 Å². The highest BCUT2D eigenvalue weighted by molar-refractivity contribution is 7.91. The van der Waals surface area contributed by atoms with Crippen LogP contribution in [-0.2, 0) is 21.1 Å². The van der Waals surface area contributed by atoms with Crippen molar-refractivity contribution in [3.05, 3.63) is 35.5 Å². The zero-order valence-electron chi connectivity index (χ0n) is 14.3. The standard InChI is InChI=1S/C19H24N2O3S/c22-19(20-12-13-8-10-25(23,24)11-9-13)16-6-3-5-15-14-4-1-2-7-17(14)21-18(15)16/h1-2,4,7,13,16,21H,3,5-6,8-12H2,(H,20,22). The van der Waals surface area contributed by atoms with E-state index in [0.717, 1.165) is 30.5 Å². The smallest absolute Gasteiger partial charge is 0.229 e. The highest BCUT2D eigenvalue weighted by Gasteiger charge is 2.30. The molecule has 2 aliphatic rings. The number of rotatable bonds is 3. The summed E-state index contributed by atoms with van der Waals surface area (Å²) < 4.78 is 23.0. The summed E-state index contributed by atoms with van der Waals surface area (Å²) in [7, 11) is -2.85. The summed E-state index contributed by atoms with van der Waals surface area (Å²) in [5.41, 5.74) is 3.45. The number of fused-ring (bicyclic) bond motifs is 3. The molecule has 0 radical (unpaired) electrons. The number of amides is 1. The molecule has 1 aromatic heterocycles. The number of aromatic nitrogens is 1. The summed E-state index contributed by atoms with van der Waals surface area (Å²) in [5, 5.41) is 4.31. The van der Waals surface area contributed by atoms with Gasteiger partial charge in [-0.05, 0) is 49.7 Å². The average molecular weight is 360 g/mol. The molecule has 25 heavy (non-hydrogen) atoms. The van der Waals surface area contributed by atoms with Crippen molar-refractivity contribution in [1.82, 2.24) is 10.3 Å². The molecule has 6 heteroatoms. The van der Waals surface area contributed by atoms with Crippen molar-refractivity contribution in [3.8, 4) is 0 Å². The maximum atomic E-state index is 12.8. The Balaban J connectivity index is 1.45. The van der Waals surface area contributed by atoms with Gasteiger partial charge in [-0.25, -0.2) is 8.42 Å². The van der Waals surface area contributed by atoms with Crippen LogP contribution in [0.1, 0.15) is 42.9 Å². The minimum absolute atomic E-state index is 0.0703. The summed E-state index contributed by atoms with van der Waals surface area (Å²) in [4.78, 5) is 16.2. The first-order valence-corrected chi connectivity index (χ1v) is 10.9. The number of para-hydroxylation sites is 1. The lowest BCUT2D eigenvalue weighted by Gasteiger charge is -2.25. The SMILES string of the molecule is O=C(NCC1CCS(=O)(=O)CC1)C1CCCc2c1[nH]c1ccccc21. The summed E-state index contributed by atoms with van der Waals surface area (Å²) in [6.45, 7) is 0.584. The molecular weight excluding hydrogens is 336 g/mol. The van der Waals surface area contributed by atoms with E-state index >= 15 is 0 Å². The average Bonchev–Trinajstić information content (AvgIpc) is 2.99. The fourth-order valence-electron chi connectivity index (χ4n) is 4.19. The fourth-order valence-corrected chi connectivity index (χ4v) is 5.78. The molecule has 1 unspecified atom stereocenters. The predicted octanol–water partition coefficient (Wildman–Crippen LogP) is 2.53. The van der Waals surface area contributed by atoms with E-state index in [9.17, 15) is 13.2 Å². The predicted molar refractivity (Wildman–Crippen MR) is 98.4 cm³/mol. The maximum absolute atomic E-state index is 12.8. The summed E-state index contributed by atoms with van der Waals surface area (Å²) >= 11 is 0. The van der Waals surface area contributed by atoms with Gasteiger partial charge in [0.2, 0.25) is 5.91 Å². The van der Waals surface area contributed by atoms with E-state index in [1.165, 1.54) is 10.9 Å². The van der Waals surface area contributed by atoms with E-state index in [1.807, 2.05) is 12.1 Å². The minimum atomic E-state index is -2.85. The first-order chi connectivity index (χ1) is 12.0. The Kier molecular flexibility index (Phi) is 4.31. The van der Waals surface area contributed by atoms with Gasteiger partial charge in [-0.3, -0.25) is 4.79 Å². The van der Waals surface area contributed by atoms with Crippen LogP contribution < -0.4 is 5.32 Å². The topological polar surface area (TPSA) is 79.0 Å². The summed E-state index contributed by atoms with van der Waals surface area (Å²) in [6.07, 6.45) is 4.22. The minimum Gasteiger partial charge on any atom is -0.357 e. The van der Waals surface area contributed by atoms with Gasteiger partial charge in [-0.2, -0.15) is 0 Å². The molecule has 0 spiro atoms. The van der Waals surface area contributed by atoms with Crippen LogP contribution in [-0.4, -0.2) is 37.4 Å². The van der Waals surface area contributed by atoms with Crippen LogP contribution in [0.3, 0.4) is 0 Å². The second-order valence-electron chi connectivity index (χ2n) is 7.35. The second-order valence-corrected chi connectivity index (χ2v) is 9.65. The van der Waals surface area contributed by atoms with Crippen LogP contribution >= 0.6 is 0 Å². The lowest BCUT2D eigenvalue weighted by molar-refractivity contribution is -0.123. The Bertz CT molecular complexity index is 887. The van der Waals surface area contributed by atoms with Gasteiger partial charge >= 0.3 is 0 Å². The second kappa shape index (κ2) is 6.48. The Hall–Kier alpha value is -1.82. The molecule has 5 nitrogen and oxygen atoms in total. The van der Waals surface area contributed by atoms with Gasteiger partial charge in [0.15, 0.2) is 0 Å². The van der Waals surface area contributed by atoms with Crippen LogP contribution in [0.25, 0.3) is 10.9 Å². The number of benzene rings is 1. The van der Waals surface area contributed by atoms with Crippen molar-refractivity contribution in [2.24, 2.45) is 5.92 Å². The van der Waals surface area contributed by atoms with E-state index in [2.05, 4.69) is 22.4 Å². The first-order valence-electron chi connectivity index (χ1n) is 9.11. The normalized spacial score (nSPS) is 23.3. The van der Waals surface area contributed by atoms with Crippen molar-refractivity contribution in [3.63, 3.8) is 0 Å². The number of nitrogens with one attached hydrogen (secondary N) is 2. The molecule has 1 saturated heterocycles. The van der Waals surface area contributed by atoms with Gasteiger partial charge in [-0.1, -0.05) is 18.2 Å². The van der Waals surface area contributed by atoms with E-state index in [-0.39, 0.29) is 29.2 Å². The van der Waals surface area contributed by atoms with Crippen molar-refractivity contribution >= 4 is 26.6 Å². The zero-order valence-corrected chi connectivity index (χ0v) is 15.1. The van der Waals surface area contributed by atoms with Gasteiger partial charge in [0.05, 0.1) is 17.4 Å². The quantitative estimate of drug-likeness (QED) is 0.883. The Labute approximate surface area is 148 Å². The van der Waals surface area contributed by atoms with E-state index in [1.54, 1.807) is 0 Å². The molecule has 1 fully saturated rings. The van der Waals surface area contributed by atoms with Crippen LogP contribution in [0, 0.1) is 5.92 Å². The van der Waals surface area contributed by atoms with Crippen LogP contribution in [0.5, 0.6) is 0 Å². The summed E-state index contributed by atoms with van der Waals surface area (Å²) in [5.74, 6) is 0.731. The van der Waals surface area contributed by atoms with E-state index in [4.69, 9.17) is 0 Å². The molecule has 2 aromatic rings. The van der Waals surface area contributed by atoms with Crippen LogP contribution in [0.2, 0.25) is 0 Å². The number of hydrogen-bond acceptors (Lipinski definition) is 3. The van der Waals surface area contributed by atoms with Crippen molar-refractivity contribution < 1.29 is 13.2 Å². The monoisotopic (exact) mass is 360 g/mol. The molecule has 1 amide bonds. The van der Waals surface area contributed by atoms with Crippen LogP contribution in [0.15, 0.2) is 24.3 Å². The van der Waals surface area contributed by atoms with Gasteiger partial charge < -0.3 is 10.3 Å². The molecule has 1 aliphatic heterocycles. The zero-order chi connectivity index (χ0) is 17.4. The van der Waals surface area contributed by atoms with Gasteiger partial charge in [0, 0.05) is 23.1 Å². The third kappa shape index (κ3) is 3.32. The lowest BCUT2D eigenvalue weighted by atomic mass is 9.86. The Morgan fingerprint density at radius 1 is 1.16 bits per heavy atom. The first kappa shape index (κ1) is 16.6. The molecule has 2 heterocycles. The van der Waals surface area contributed by atoms with Crippen molar-refractivity contribution in [2.75, 3.05) is 18.1 Å². The third-order valence-corrected chi connectivity index (χ3v) is 7.39. The lowest BCUT2D eigenvalue weighted by Crippen LogP contribution is -2.37. The van der Waals surface area contributed by atoms with Gasteiger partial charge in [0.25, 0.3) is 0 Å². The Morgan fingerprint density at radius 2 is 1.92 bits per heavy atom. The summed E-state index contributed by atoms with van der Waals surface area (Å²) in [6, 6.07) is 8.23. The number of aryl methyl sites for hydroxylation is 1. The number of sulfone groups is 1. The van der Waals surface area contributed by atoms with E-state index < -0.39 is 9.84 Å². The maximum Gasteiger partial charge on any atom is 0.229 e. The number of hydrogen-bond donors (Lipinski definition) is 2. The molecule has 1 atom stereocenters. The molecule has 1 aliphatic carbocycles. The molecule has 2 N–H and O–H groups in total. The third-order valence-electron chi connectivity index (χ3n) is 5.67. The fraction of sp³-hybridized carbons (Fsp3) is 0.526. The molecule has 0 saturated carbocycles. The van der Waals surface area contributed by atoms with E-state index in [0.29, 0.717) is 19.4 Å². The number of carbonyl (C=O) groups excluding carboxylic acids is 1. The van der Waals surface area contributed by atoms with Gasteiger partial charge in [-0.15, -0.1) is 0 Å². The highest BCUT2D eigenvalue weighted by Crippen LogP contribution is 2.36. The number of carbonyl (C=O) groups is 1. The molecule has 4 rings (SSSR count). The largest absolute Gasteiger partial charge is 0.357 e.